The van der Waals surface area contributed by atoms with Gasteiger partial charge in [0.15, 0.2) is 0 Å². The molecule has 0 fully saturated rings. The van der Waals surface area contributed by atoms with Crippen LogP contribution in [0.25, 0.3) is 0 Å². The minimum Gasteiger partial charge on any atom is -0.490 e. The minimum atomic E-state index is -4.11. The maximum atomic E-state index is 13.3. The number of hydrazone groups is 1. The zero-order chi connectivity index (χ0) is 24.6. The maximum absolute atomic E-state index is 13.3. The van der Waals surface area contributed by atoms with Gasteiger partial charge < -0.3 is 4.74 Å². The molecular weight excluding hydrogens is 497 g/mol. The van der Waals surface area contributed by atoms with Crippen LogP contribution in [0.3, 0.4) is 0 Å². The van der Waals surface area contributed by atoms with E-state index < -0.39 is 22.5 Å². The number of sulfonamides is 1. The molecule has 0 saturated carbocycles. The molecule has 0 unspecified atom stereocenters. The molecule has 3 aromatic rings. The van der Waals surface area contributed by atoms with Crippen LogP contribution in [0.2, 0.25) is 10.0 Å². The van der Waals surface area contributed by atoms with Crippen molar-refractivity contribution >= 4 is 51.0 Å². The second-order valence-corrected chi connectivity index (χ2v) is 9.59. The van der Waals surface area contributed by atoms with Gasteiger partial charge in [-0.3, -0.25) is 9.10 Å². The molecule has 0 atom stereocenters. The predicted molar refractivity (Wildman–Crippen MR) is 135 cm³/mol. The molecule has 10 heteroatoms. The SMILES string of the molecule is C=CCOc1cccc(/C=N\NC(=O)CN(c2ccc(Cl)cc2Cl)S(=O)(=O)c2ccccc2)c1. The van der Waals surface area contributed by atoms with E-state index in [0.29, 0.717) is 22.9 Å². The van der Waals surface area contributed by atoms with Gasteiger partial charge in [-0.05, 0) is 48.0 Å². The number of hydrogen-bond donors (Lipinski definition) is 1. The first-order valence-electron chi connectivity index (χ1n) is 10.00. The van der Waals surface area contributed by atoms with Crippen molar-refractivity contribution in [1.29, 1.82) is 0 Å². The number of rotatable bonds is 10. The van der Waals surface area contributed by atoms with E-state index in [0.717, 1.165) is 4.31 Å². The van der Waals surface area contributed by atoms with Gasteiger partial charge in [-0.25, -0.2) is 13.8 Å². The van der Waals surface area contributed by atoms with Gasteiger partial charge in [0.25, 0.3) is 15.9 Å². The van der Waals surface area contributed by atoms with Gasteiger partial charge in [-0.2, -0.15) is 5.10 Å². The van der Waals surface area contributed by atoms with Crippen LogP contribution in [-0.4, -0.2) is 33.7 Å². The van der Waals surface area contributed by atoms with Crippen LogP contribution in [0.1, 0.15) is 5.56 Å². The zero-order valence-electron chi connectivity index (χ0n) is 17.9. The third-order valence-electron chi connectivity index (χ3n) is 4.43. The molecule has 34 heavy (non-hydrogen) atoms. The van der Waals surface area contributed by atoms with Crippen LogP contribution in [0.4, 0.5) is 5.69 Å². The van der Waals surface area contributed by atoms with Crippen molar-refractivity contribution in [2.24, 2.45) is 5.10 Å². The molecule has 0 aliphatic rings. The molecule has 0 bridgehead atoms. The summed E-state index contributed by atoms with van der Waals surface area (Å²) >= 11 is 12.2. The fourth-order valence-electron chi connectivity index (χ4n) is 2.89. The Kier molecular flexibility index (Phi) is 8.70. The van der Waals surface area contributed by atoms with Gasteiger partial charge in [-0.1, -0.05) is 66.2 Å². The van der Waals surface area contributed by atoms with Crippen LogP contribution in [0.5, 0.6) is 5.75 Å². The van der Waals surface area contributed by atoms with E-state index >= 15 is 0 Å². The van der Waals surface area contributed by atoms with E-state index in [9.17, 15) is 13.2 Å². The fourth-order valence-corrected chi connectivity index (χ4v) is 4.91. The second-order valence-electron chi connectivity index (χ2n) is 6.89. The Labute approximate surface area is 208 Å². The Bertz CT molecular complexity index is 1300. The molecule has 0 aromatic heterocycles. The lowest BCUT2D eigenvalue weighted by Crippen LogP contribution is -2.39. The Morgan fingerprint density at radius 1 is 1.06 bits per heavy atom. The molecular formula is C24H21Cl2N3O4S. The number of halogens is 2. The van der Waals surface area contributed by atoms with Crippen molar-refractivity contribution < 1.29 is 17.9 Å². The van der Waals surface area contributed by atoms with Crippen molar-refractivity contribution in [3.8, 4) is 5.75 Å². The molecule has 0 aliphatic carbocycles. The normalized spacial score (nSPS) is 11.2. The number of anilines is 1. The van der Waals surface area contributed by atoms with Crippen LogP contribution in [-0.2, 0) is 14.8 Å². The number of hydrogen-bond acceptors (Lipinski definition) is 5. The lowest BCUT2D eigenvalue weighted by atomic mass is 10.2. The lowest BCUT2D eigenvalue weighted by molar-refractivity contribution is -0.119. The highest BCUT2D eigenvalue weighted by Crippen LogP contribution is 2.32. The third-order valence-corrected chi connectivity index (χ3v) is 6.74. The third kappa shape index (κ3) is 6.60. The fraction of sp³-hybridized carbons (Fsp3) is 0.0833. The minimum absolute atomic E-state index is 0.00802. The Morgan fingerprint density at radius 3 is 2.53 bits per heavy atom. The number of nitrogens with zero attached hydrogens (tertiary/aromatic N) is 2. The van der Waals surface area contributed by atoms with Crippen LogP contribution < -0.4 is 14.5 Å². The summed E-state index contributed by atoms with van der Waals surface area (Å²) in [5, 5.41) is 4.34. The maximum Gasteiger partial charge on any atom is 0.264 e. The van der Waals surface area contributed by atoms with Crippen molar-refractivity contribution in [2.75, 3.05) is 17.5 Å². The Hall–Kier alpha value is -3.33. The van der Waals surface area contributed by atoms with Crippen molar-refractivity contribution in [3.05, 3.63) is 101 Å². The molecule has 0 radical (unpaired) electrons. The summed E-state index contributed by atoms with van der Waals surface area (Å²) in [6.07, 6.45) is 3.05. The number of benzene rings is 3. The monoisotopic (exact) mass is 517 g/mol. The smallest absolute Gasteiger partial charge is 0.264 e. The molecule has 3 rings (SSSR count). The van der Waals surface area contributed by atoms with E-state index in [1.54, 1.807) is 48.5 Å². The number of nitrogens with one attached hydrogen (secondary N) is 1. The zero-order valence-corrected chi connectivity index (χ0v) is 20.2. The van der Waals surface area contributed by atoms with Gasteiger partial charge in [-0.15, -0.1) is 0 Å². The van der Waals surface area contributed by atoms with Crippen molar-refractivity contribution in [1.82, 2.24) is 5.43 Å². The summed E-state index contributed by atoms with van der Waals surface area (Å²) in [6.45, 7) is 3.40. The topological polar surface area (TPSA) is 88.1 Å². The Morgan fingerprint density at radius 2 is 1.82 bits per heavy atom. The quantitative estimate of drug-likeness (QED) is 0.235. The first-order chi connectivity index (χ1) is 16.3. The lowest BCUT2D eigenvalue weighted by Gasteiger charge is -2.24. The predicted octanol–water partition coefficient (Wildman–Crippen LogP) is 4.90. The summed E-state index contributed by atoms with van der Waals surface area (Å²) in [5.41, 5.74) is 3.14. The molecule has 0 heterocycles. The molecule has 1 N–H and O–H groups in total. The number of amides is 1. The van der Waals surface area contributed by atoms with Crippen molar-refractivity contribution in [3.63, 3.8) is 0 Å². The van der Waals surface area contributed by atoms with Crippen LogP contribution >= 0.6 is 23.2 Å². The van der Waals surface area contributed by atoms with Gasteiger partial charge in [0.1, 0.15) is 18.9 Å². The van der Waals surface area contributed by atoms with Crippen molar-refractivity contribution in [2.45, 2.75) is 4.90 Å². The highest BCUT2D eigenvalue weighted by molar-refractivity contribution is 7.92. The number of ether oxygens (including phenoxy) is 1. The average Bonchev–Trinajstić information content (AvgIpc) is 2.82. The summed E-state index contributed by atoms with van der Waals surface area (Å²) in [7, 11) is -4.11. The highest BCUT2D eigenvalue weighted by Gasteiger charge is 2.28. The number of carbonyl (C=O) groups excluding carboxylic acids is 1. The van der Waals surface area contributed by atoms with Gasteiger partial charge >= 0.3 is 0 Å². The largest absolute Gasteiger partial charge is 0.490 e. The van der Waals surface area contributed by atoms with Gasteiger partial charge in [0, 0.05) is 5.02 Å². The summed E-state index contributed by atoms with van der Waals surface area (Å²) in [5.74, 6) is -0.0477. The van der Waals surface area contributed by atoms with E-state index in [-0.39, 0.29) is 15.6 Å². The molecule has 176 valence electrons. The van der Waals surface area contributed by atoms with Gasteiger partial charge in [0.05, 0.1) is 21.8 Å². The molecule has 0 aliphatic heterocycles. The molecule has 7 nitrogen and oxygen atoms in total. The highest BCUT2D eigenvalue weighted by atomic mass is 35.5. The van der Waals surface area contributed by atoms with Crippen LogP contribution in [0.15, 0.2) is 95.4 Å². The van der Waals surface area contributed by atoms with E-state index in [2.05, 4.69) is 17.1 Å². The molecule has 0 saturated heterocycles. The first kappa shape index (κ1) is 25.3. The second kappa shape index (κ2) is 11.7. The average molecular weight is 518 g/mol. The molecule has 1 amide bonds. The summed E-state index contributed by atoms with van der Waals surface area (Å²) in [6, 6.07) is 19.1. The van der Waals surface area contributed by atoms with E-state index in [1.807, 2.05) is 0 Å². The molecule has 0 spiro atoms. The number of carbonyl (C=O) groups is 1. The molecule has 3 aromatic carbocycles. The Balaban J connectivity index is 1.81. The standard InChI is InChI=1S/C24H21Cl2N3O4S/c1-2-13-33-20-8-6-7-18(14-20)16-27-28-24(30)17-29(23-12-11-19(25)15-22(23)26)34(31,32)21-9-4-3-5-10-21/h2-12,14-16H,1,13,17H2,(H,28,30)/b27-16-. The van der Waals surface area contributed by atoms with E-state index in [1.165, 1.54) is 36.5 Å². The summed E-state index contributed by atoms with van der Waals surface area (Å²) < 4.78 is 33.0. The van der Waals surface area contributed by atoms with Crippen LogP contribution in [0, 0.1) is 0 Å². The summed E-state index contributed by atoms with van der Waals surface area (Å²) in [4.78, 5) is 12.7. The van der Waals surface area contributed by atoms with Gasteiger partial charge in [0.2, 0.25) is 0 Å². The first-order valence-corrected chi connectivity index (χ1v) is 12.2. The van der Waals surface area contributed by atoms with E-state index in [4.69, 9.17) is 27.9 Å².